The van der Waals surface area contributed by atoms with Crippen molar-refractivity contribution in [2.75, 3.05) is 6.54 Å². The zero-order chi connectivity index (χ0) is 18.3. The van der Waals surface area contributed by atoms with Crippen molar-refractivity contribution < 1.29 is 12.8 Å². The summed E-state index contributed by atoms with van der Waals surface area (Å²) in [4.78, 5) is 0.168. The average Bonchev–Trinajstić information content (AvgIpc) is 3.35. The number of benzene rings is 1. The van der Waals surface area contributed by atoms with Crippen molar-refractivity contribution in [2.24, 2.45) is 15.4 Å². The summed E-state index contributed by atoms with van der Waals surface area (Å²) in [6.45, 7) is 2.21. The zero-order valence-corrected chi connectivity index (χ0v) is 15.2. The molecular weight excluding hydrogens is 376 g/mol. The van der Waals surface area contributed by atoms with Gasteiger partial charge in [-0.15, -0.1) is 5.10 Å². The number of aryl methyl sites for hydroxylation is 1. The summed E-state index contributed by atoms with van der Waals surface area (Å²) >= 11 is 6.25. The third kappa shape index (κ3) is 2.77. The van der Waals surface area contributed by atoms with Crippen LogP contribution in [-0.2, 0) is 10.0 Å². The monoisotopic (exact) mass is 388 g/mol. The molecule has 1 aromatic carbocycles. The van der Waals surface area contributed by atoms with Gasteiger partial charge in [0, 0.05) is 6.20 Å². The summed E-state index contributed by atoms with van der Waals surface area (Å²) in [5, 5.41) is 11.5. The molecular formula is C17H13ClN4O3S. The third-order valence-electron chi connectivity index (χ3n) is 3.95. The number of nitrogens with zero attached hydrogens (tertiary/aromatic N) is 4. The first-order valence-corrected chi connectivity index (χ1v) is 9.51. The van der Waals surface area contributed by atoms with Crippen LogP contribution in [0.15, 0.2) is 73.4 Å². The molecule has 132 valence electrons. The van der Waals surface area contributed by atoms with E-state index in [2.05, 4.69) is 15.4 Å². The van der Waals surface area contributed by atoms with Gasteiger partial charge in [-0.05, 0) is 42.5 Å². The standard InChI is InChI=1S/C17H13ClN4O3S/c1-11-2-4-12(5-3-11)26(23,24)22-9-8-13(18)17(22)16-7-6-15(25-16)14-10-19-21-20-14/h2-9H,10H2,1H3. The molecule has 0 spiro atoms. The molecule has 0 aliphatic carbocycles. The molecule has 0 amide bonds. The smallest absolute Gasteiger partial charge is 0.268 e. The lowest BCUT2D eigenvalue weighted by Crippen LogP contribution is -2.13. The second kappa shape index (κ2) is 6.22. The Morgan fingerprint density at radius 2 is 1.81 bits per heavy atom. The number of halogens is 1. The molecule has 0 unspecified atom stereocenters. The predicted molar refractivity (Wildman–Crippen MR) is 97.2 cm³/mol. The van der Waals surface area contributed by atoms with Gasteiger partial charge in [-0.25, -0.2) is 12.4 Å². The third-order valence-corrected chi connectivity index (χ3v) is 5.95. The van der Waals surface area contributed by atoms with Gasteiger partial charge in [-0.3, -0.25) is 0 Å². The van der Waals surface area contributed by atoms with E-state index in [0.29, 0.717) is 23.8 Å². The van der Waals surface area contributed by atoms with Crippen LogP contribution < -0.4 is 0 Å². The van der Waals surface area contributed by atoms with E-state index in [4.69, 9.17) is 16.0 Å². The largest absolute Gasteiger partial charge is 0.453 e. The first kappa shape index (κ1) is 16.7. The number of hydrogen-bond acceptors (Lipinski definition) is 6. The summed E-state index contributed by atoms with van der Waals surface area (Å²) < 4.78 is 32.9. The molecule has 26 heavy (non-hydrogen) atoms. The average molecular weight is 389 g/mol. The fraction of sp³-hybridized carbons (Fsp3) is 0.118. The van der Waals surface area contributed by atoms with Crippen LogP contribution >= 0.6 is 11.6 Å². The Kier molecular flexibility index (Phi) is 4.01. The molecule has 9 heteroatoms. The van der Waals surface area contributed by atoms with E-state index < -0.39 is 10.0 Å². The Hall–Kier alpha value is -2.71. The molecule has 1 aliphatic rings. The van der Waals surface area contributed by atoms with Crippen molar-refractivity contribution in [1.82, 2.24) is 3.97 Å². The maximum absolute atomic E-state index is 13.0. The summed E-state index contributed by atoms with van der Waals surface area (Å²) in [6, 6.07) is 11.5. The first-order valence-electron chi connectivity index (χ1n) is 7.70. The maximum atomic E-state index is 13.0. The molecule has 0 saturated carbocycles. The van der Waals surface area contributed by atoms with Crippen LogP contribution in [0.3, 0.4) is 0 Å². The summed E-state index contributed by atoms with van der Waals surface area (Å²) in [5.41, 5.74) is 1.80. The minimum absolute atomic E-state index is 0.168. The molecule has 0 radical (unpaired) electrons. The predicted octanol–water partition coefficient (Wildman–Crippen LogP) is 4.12. The molecule has 3 aromatic rings. The Morgan fingerprint density at radius 1 is 1.08 bits per heavy atom. The van der Waals surface area contributed by atoms with Crippen LogP contribution in [0.1, 0.15) is 11.3 Å². The fourth-order valence-corrected chi connectivity index (χ4v) is 4.25. The Labute approximate surface area is 154 Å². The van der Waals surface area contributed by atoms with Gasteiger partial charge >= 0.3 is 0 Å². The van der Waals surface area contributed by atoms with Gasteiger partial charge in [0.1, 0.15) is 18.0 Å². The molecule has 4 rings (SSSR count). The molecule has 7 nitrogen and oxygen atoms in total. The van der Waals surface area contributed by atoms with E-state index in [1.165, 1.54) is 12.3 Å². The summed E-state index contributed by atoms with van der Waals surface area (Å²) in [6.07, 6.45) is 1.41. The molecule has 0 N–H and O–H groups in total. The number of furan rings is 1. The summed E-state index contributed by atoms with van der Waals surface area (Å²) in [5.74, 6) is 0.793. The van der Waals surface area contributed by atoms with Gasteiger partial charge in [-0.1, -0.05) is 29.3 Å². The molecule has 0 atom stereocenters. The molecule has 3 heterocycles. The fourth-order valence-electron chi connectivity index (χ4n) is 2.61. The molecule has 1 aliphatic heterocycles. The van der Waals surface area contributed by atoms with Crippen molar-refractivity contribution in [1.29, 1.82) is 0 Å². The second-order valence-corrected chi connectivity index (χ2v) is 7.95. The van der Waals surface area contributed by atoms with Gasteiger partial charge in [0.15, 0.2) is 11.5 Å². The van der Waals surface area contributed by atoms with Crippen LogP contribution in [0.5, 0.6) is 0 Å². The number of aromatic nitrogens is 1. The van der Waals surface area contributed by atoms with Crippen molar-refractivity contribution >= 4 is 27.3 Å². The minimum Gasteiger partial charge on any atom is -0.453 e. The van der Waals surface area contributed by atoms with Gasteiger partial charge in [-0.2, -0.15) is 5.11 Å². The quantitative estimate of drug-likeness (QED) is 0.673. The Bertz CT molecular complexity index is 1140. The highest BCUT2D eigenvalue weighted by Crippen LogP contribution is 2.33. The summed E-state index contributed by atoms with van der Waals surface area (Å²) in [7, 11) is -3.82. The molecule has 0 saturated heterocycles. The van der Waals surface area contributed by atoms with Gasteiger partial charge in [0.05, 0.1) is 9.92 Å². The van der Waals surface area contributed by atoms with Crippen LogP contribution in [0.25, 0.3) is 11.5 Å². The van der Waals surface area contributed by atoms with E-state index in [1.807, 2.05) is 6.92 Å². The van der Waals surface area contributed by atoms with E-state index in [9.17, 15) is 8.42 Å². The van der Waals surface area contributed by atoms with Crippen molar-refractivity contribution in [3.8, 4) is 11.5 Å². The van der Waals surface area contributed by atoms with Gasteiger partial charge in [0.25, 0.3) is 10.0 Å². The highest BCUT2D eigenvalue weighted by Gasteiger charge is 2.25. The van der Waals surface area contributed by atoms with Crippen LogP contribution in [-0.4, -0.2) is 24.6 Å². The van der Waals surface area contributed by atoms with E-state index in [0.717, 1.165) is 9.54 Å². The lowest BCUT2D eigenvalue weighted by atomic mass is 10.2. The van der Waals surface area contributed by atoms with Gasteiger partial charge in [0.2, 0.25) is 0 Å². The molecule has 2 aromatic heterocycles. The van der Waals surface area contributed by atoms with E-state index in [-0.39, 0.29) is 15.6 Å². The SMILES string of the molecule is Cc1ccc(S(=O)(=O)n2ccc(Cl)c2-c2ccc(C3=NN=NC3)o2)cc1. The first-order chi connectivity index (χ1) is 12.5. The lowest BCUT2D eigenvalue weighted by molar-refractivity contribution is 0.564. The molecule has 0 bridgehead atoms. The highest BCUT2D eigenvalue weighted by atomic mass is 35.5. The number of rotatable bonds is 4. The van der Waals surface area contributed by atoms with Crippen LogP contribution in [0.4, 0.5) is 0 Å². The zero-order valence-electron chi connectivity index (χ0n) is 13.6. The number of hydrogen-bond donors (Lipinski definition) is 0. The van der Waals surface area contributed by atoms with Crippen LogP contribution in [0.2, 0.25) is 5.02 Å². The highest BCUT2D eigenvalue weighted by molar-refractivity contribution is 7.90. The topological polar surface area (TPSA) is 89.3 Å². The molecule has 0 fully saturated rings. The van der Waals surface area contributed by atoms with Gasteiger partial charge < -0.3 is 4.42 Å². The normalized spacial score (nSPS) is 14.0. The van der Waals surface area contributed by atoms with Crippen molar-refractivity contribution in [3.63, 3.8) is 0 Å². The van der Waals surface area contributed by atoms with Crippen molar-refractivity contribution in [3.05, 3.63) is 65.0 Å². The van der Waals surface area contributed by atoms with E-state index >= 15 is 0 Å². The maximum Gasteiger partial charge on any atom is 0.268 e. The Morgan fingerprint density at radius 3 is 2.50 bits per heavy atom. The minimum atomic E-state index is -3.82. The lowest BCUT2D eigenvalue weighted by Gasteiger charge is -2.10. The van der Waals surface area contributed by atoms with Crippen LogP contribution in [0, 0.1) is 6.92 Å². The second-order valence-electron chi connectivity index (χ2n) is 5.73. The van der Waals surface area contributed by atoms with E-state index in [1.54, 1.807) is 36.4 Å². The van der Waals surface area contributed by atoms with Crippen molar-refractivity contribution in [2.45, 2.75) is 11.8 Å². The Balaban J connectivity index is 1.80.